The van der Waals surface area contributed by atoms with Gasteiger partial charge in [-0.15, -0.1) is 11.3 Å². The normalized spacial score (nSPS) is 18.3. The number of hydrazine groups is 1. The number of nitrogens with one attached hydrogen (secondary N) is 1. The molecule has 0 aromatic carbocycles. The SMILES string of the molecule is CC1=CC(=O)N(Nc2nc(C3CC3)nc3sc(C)cc23)C1=O. The van der Waals surface area contributed by atoms with Crippen LogP contribution in [0.25, 0.3) is 10.2 Å². The Kier molecular flexibility index (Phi) is 2.80. The molecule has 1 fully saturated rings. The summed E-state index contributed by atoms with van der Waals surface area (Å²) in [6, 6.07) is 1.98. The summed E-state index contributed by atoms with van der Waals surface area (Å²) in [5, 5.41) is 1.86. The highest BCUT2D eigenvalue weighted by Gasteiger charge is 2.31. The van der Waals surface area contributed by atoms with E-state index in [9.17, 15) is 9.59 Å². The number of hydrogen-bond donors (Lipinski definition) is 1. The van der Waals surface area contributed by atoms with E-state index in [0.717, 1.165) is 38.8 Å². The zero-order chi connectivity index (χ0) is 15.4. The van der Waals surface area contributed by atoms with E-state index in [1.54, 1.807) is 18.3 Å². The van der Waals surface area contributed by atoms with Gasteiger partial charge in [-0.05, 0) is 32.8 Å². The van der Waals surface area contributed by atoms with Crippen LogP contribution in [-0.4, -0.2) is 26.8 Å². The fraction of sp³-hybridized carbons (Fsp3) is 0.333. The van der Waals surface area contributed by atoms with Gasteiger partial charge in [0.05, 0.1) is 5.39 Å². The van der Waals surface area contributed by atoms with Gasteiger partial charge in [-0.25, -0.2) is 9.97 Å². The maximum atomic E-state index is 12.0. The summed E-state index contributed by atoms with van der Waals surface area (Å²) < 4.78 is 0. The van der Waals surface area contributed by atoms with Crippen LogP contribution in [0.2, 0.25) is 0 Å². The Balaban J connectivity index is 1.77. The third-order valence-corrected chi connectivity index (χ3v) is 4.74. The van der Waals surface area contributed by atoms with Gasteiger partial charge >= 0.3 is 0 Å². The third-order valence-electron chi connectivity index (χ3n) is 3.79. The van der Waals surface area contributed by atoms with E-state index in [1.807, 2.05) is 13.0 Å². The molecule has 0 saturated heterocycles. The van der Waals surface area contributed by atoms with E-state index in [-0.39, 0.29) is 11.8 Å². The molecule has 1 aliphatic heterocycles. The highest BCUT2D eigenvalue weighted by atomic mass is 32.1. The molecule has 0 radical (unpaired) electrons. The molecule has 1 saturated carbocycles. The second-order valence-corrected chi connectivity index (χ2v) is 6.93. The van der Waals surface area contributed by atoms with Crippen LogP contribution in [0.3, 0.4) is 0 Å². The van der Waals surface area contributed by atoms with Crippen molar-refractivity contribution >= 4 is 39.2 Å². The molecule has 2 aromatic rings. The van der Waals surface area contributed by atoms with Crippen molar-refractivity contribution < 1.29 is 9.59 Å². The van der Waals surface area contributed by atoms with Gasteiger partial charge in [0.15, 0.2) is 5.82 Å². The Morgan fingerprint density at radius 2 is 2.05 bits per heavy atom. The van der Waals surface area contributed by atoms with Gasteiger partial charge in [0, 0.05) is 22.4 Å². The molecular weight excluding hydrogens is 300 g/mol. The first kappa shape index (κ1) is 13.4. The zero-order valence-electron chi connectivity index (χ0n) is 12.2. The minimum Gasteiger partial charge on any atom is -0.271 e. The summed E-state index contributed by atoms with van der Waals surface area (Å²) in [4.78, 5) is 35.1. The van der Waals surface area contributed by atoms with Gasteiger partial charge in [0.2, 0.25) is 0 Å². The maximum absolute atomic E-state index is 12.0. The van der Waals surface area contributed by atoms with Gasteiger partial charge in [0.1, 0.15) is 10.7 Å². The fourth-order valence-corrected chi connectivity index (χ4v) is 3.35. The molecule has 0 spiro atoms. The van der Waals surface area contributed by atoms with Crippen LogP contribution in [0, 0.1) is 6.92 Å². The number of rotatable bonds is 3. The molecule has 0 bridgehead atoms. The summed E-state index contributed by atoms with van der Waals surface area (Å²) in [5.41, 5.74) is 3.31. The highest BCUT2D eigenvalue weighted by molar-refractivity contribution is 7.18. The number of carbonyl (C=O) groups is 2. The molecular formula is C15H14N4O2S. The summed E-state index contributed by atoms with van der Waals surface area (Å²) in [7, 11) is 0. The minimum atomic E-state index is -0.366. The number of carbonyl (C=O) groups excluding carboxylic acids is 2. The molecule has 0 unspecified atom stereocenters. The summed E-state index contributed by atoms with van der Waals surface area (Å²) in [6.07, 6.45) is 3.52. The number of thiophene rings is 1. The number of anilines is 1. The number of amides is 2. The first-order valence-corrected chi connectivity index (χ1v) is 7.96. The van der Waals surface area contributed by atoms with Crippen LogP contribution in [0.15, 0.2) is 17.7 Å². The average Bonchev–Trinajstić information content (AvgIpc) is 3.20. The Hall–Kier alpha value is -2.28. The van der Waals surface area contributed by atoms with Crippen molar-refractivity contribution in [1.29, 1.82) is 0 Å². The number of hydrogen-bond acceptors (Lipinski definition) is 6. The van der Waals surface area contributed by atoms with Crippen molar-refractivity contribution in [2.24, 2.45) is 0 Å². The van der Waals surface area contributed by atoms with Gasteiger partial charge in [-0.3, -0.25) is 15.0 Å². The second-order valence-electron chi connectivity index (χ2n) is 5.70. The Bertz CT molecular complexity index is 851. The summed E-state index contributed by atoms with van der Waals surface area (Å²) in [6.45, 7) is 3.63. The third kappa shape index (κ3) is 2.09. The number of aromatic nitrogens is 2. The number of nitrogens with zero attached hydrogens (tertiary/aromatic N) is 3. The first-order chi connectivity index (χ1) is 10.5. The molecule has 2 aromatic heterocycles. The molecule has 1 aliphatic carbocycles. The molecule has 2 aliphatic rings. The van der Waals surface area contributed by atoms with Crippen molar-refractivity contribution in [3.05, 3.63) is 28.4 Å². The minimum absolute atomic E-state index is 0.336. The van der Waals surface area contributed by atoms with Crippen LogP contribution < -0.4 is 5.43 Å². The molecule has 2 amide bonds. The predicted molar refractivity (Wildman–Crippen MR) is 83.4 cm³/mol. The molecule has 0 atom stereocenters. The van der Waals surface area contributed by atoms with Crippen molar-refractivity contribution in [3.63, 3.8) is 0 Å². The molecule has 3 heterocycles. The van der Waals surface area contributed by atoms with Gasteiger partial charge < -0.3 is 0 Å². The standard InChI is InChI=1S/C15H14N4O2S/c1-7-5-11(20)19(15(7)21)18-13-10-6-8(2)22-14(10)17-12(16-13)9-3-4-9/h5-6,9H,3-4H2,1-2H3,(H,16,17,18). The lowest BCUT2D eigenvalue weighted by Gasteiger charge is -2.17. The molecule has 22 heavy (non-hydrogen) atoms. The lowest BCUT2D eigenvalue weighted by Crippen LogP contribution is -2.36. The number of imide groups is 1. The van der Waals surface area contributed by atoms with Crippen molar-refractivity contribution in [2.75, 3.05) is 5.43 Å². The van der Waals surface area contributed by atoms with E-state index in [0.29, 0.717) is 17.3 Å². The van der Waals surface area contributed by atoms with E-state index < -0.39 is 0 Å². The smallest absolute Gasteiger partial charge is 0.271 e. The van der Waals surface area contributed by atoms with Gasteiger partial charge in [-0.1, -0.05) is 0 Å². The largest absolute Gasteiger partial charge is 0.275 e. The molecule has 6 nitrogen and oxygen atoms in total. The monoisotopic (exact) mass is 314 g/mol. The van der Waals surface area contributed by atoms with E-state index in [4.69, 9.17) is 0 Å². The second kappa shape index (κ2) is 4.61. The molecule has 1 N–H and O–H groups in total. The average molecular weight is 314 g/mol. The van der Waals surface area contributed by atoms with E-state index >= 15 is 0 Å². The predicted octanol–water partition coefficient (Wildman–Crippen LogP) is 2.52. The maximum Gasteiger partial charge on any atom is 0.275 e. The van der Waals surface area contributed by atoms with Crippen molar-refractivity contribution in [3.8, 4) is 0 Å². The zero-order valence-corrected chi connectivity index (χ0v) is 13.0. The number of fused-ring (bicyclic) bond motifs is 1. The van der Waals surface area contributed by atoms with Crippen LogP contribution in [0.5, 0.6) is 0 Å². The summed E-state index contributed by atoms with van der Waals surface area (Å²) >= 11 is 1.59. The quantitative estimate of drug-likeness (QED) is 0.881. The van der Waals surface area contributed by atoms with Crippen LogP contribution in [0.4, 0.5) is 5.82 Å². The lowest BCUT2D eigenvalue weighted by atomic mass is 10.3. The summed E-state index contributed by atoms with van der Waals surface area (Å²) in [5.74, 6) is 1.02. The fourth-order valence-electron chi connectivity index (χ4n) is 2.47. The first-order valence-electron chi connectivity index (χ1n) is 7.14. The Morgan fingerprint density at radius 3 is 2.68 bits per heavy atom. The van der Waals surface area contributed by atoms with Gasteiger partial charge in [0.25, 0.3) is 11.8 Å². The molecule has 4 rings (SSSR count). The molecule has 7 heteroatoms. The highest BCUT2D eigenvalue weighted by Crippen LogP contribution is 2.40. The van der Waals surface area contributed by atoms with Gasteiger partial charge in [-0.2, -0.15) is 5.01 Å². The number of aryl methyl sites for hydroxylation is 1. The van der Waals surface area contributed by atoms with Crippen molar-refractivity contribution in [2.45, 2.75) is 32.6 Å². The van der Waals surface area contributed by atoms with E-state index in [1.165, 1.54) is 6.08 Å². The van der Waals surface area contributed by atoms with Crippen molar-refractivity contribution in [1.82, 2.24) is 15.0 Å². The van der Waals surface area contributed by atoms with E-state index in [2.05, 4.69) is 15.4 Å². The van der Waals surface area contributed by atoms with Crippen LogP contribution in [0.1, 0.15) is 36.4 Å². The van der Waals surface area contributed by atoms with Crippen LogP contribution in [-0.2, 0) is 9.59 Å². The Morgan fingerprint density at radius 1 is 1.27 bits per heavy atom. The molecule has 112 valence electrons. The lowest BCUT2D eigenvalue weighted by molar-refractivity contribution is -0.135. The van der Waals surface area contributed by atoms with Crippen LogP contribution >= 0.6 is 11.3 Å². The Labute approximate surface area is 130 Å². The topological polar surface area (TPSA) is 75.2 Å².